The van der Waals surface area contributed by atoms with Crippen molar-refractivity contribution in [2.24, 2.45) is 0 Å². The van der Waals surface area contributed by atoms with Crippen LogP contribution in [0.5, 0.6) is 11.5 Å². The molecule has 32 heavy (non-hydrogen) atoms. The molecular weight excluding hydrogens is 408 g/mol. The molecule has 0 aromatic heterocycles. The molecule has 0 amide bonds. The maximum absolute atomic E-state index is 11.4. The van der Waals surface area contributed by atoms with E-state index >= 15 is 0 Å². The molecule has 0 bridgehead atoms. The van der Waals surface area contributed by atoms with E-state index < -0.39 is 11.9 Å². The molecule has 164 valence electrons. The van der Waals surface area contributed by atoms with Gasteiger partial charge in [0.25, 0.3) is 0 Å². The molecule has 6 heteroatoms. The molecule has 0 fully saturated rings. The van der Waals surface area contributed by atoms with Gasteiger partial charge < -0.3 is 19.7 Å². The van der Waals surface area contributed by atoms with Gasteiger partial charge in [-0.3, -0.25) is 0 Å². The van der Waals surface area contributed by atoms with Crippen LogP contribution >= 0.6 is 0 Å². The van der Waals surface area contributed by atoms with Crippen LogP contribution in [0.3, 0.4) is 0 Å². The first-order valence-corrected chi connectivity index (χ1v) is 9.63. The summed E-state index contributed by atoms with van der Waals surface area (Å²) in [6, 6.07) is 23.6. The van der Waals surface area contributed by atoms with Gasteiger partial charge in [-0.1, -0.05) is 66.7 Å². The van der Waals surface area contributed by atoms with Crippen molar-refractivity contribution in [1.82, 2.24) is 0 Å². The topological polar surface area (TPSA) is 93.1 Å². The molecule has 6 nitrogen and oxygen atoms in total. The van der Waals surface area contributed by atoms with Gasteiger partial charge in [0, 0.05) is 17.2 Å². The van der Waals surface area contributed by atoms with Crippen LogP contribution in [0.1, 0.15) is 16.7 Å². The SMILES string of the molecule is COc1ccccc1C=C(C(=O)O)c1ccccc1.COc1ccccc1C=CC(=O)O. The average Bonchev–Trinajstić information content (AvgIpc) is 2.82. The third kappa shape index (κ3) is 7.18. The number of aliphatic carboxylic acids is 2. The number of rotatable bonds is 7. The Hall–Kier alpha value is -4.32. The number of carbonyl (C=O) groups is 2. The summed E-state index contributed by atoms with van der Waals surface area (Å²) in [5.74, 6) is -0.611. The summed E-state index contributed by atoms with van der Waals surface area (Å²) >= 11 is 0. The van der Waals surface area contributed by atoms with Crippen molar-refractivity contribution in [1.29, 1.82) is 0 Å². The maximum Gasteiger partial charge on any atom is 0.336 e. The van der Waals surface area contributed by atoms with Gasteiger partial charge in [-0.15, -0.1) is 0 Å². The Kier molecular flexibility index (Phi) is 9.28. The molecule has 3 aromatic carbocycles. The molecule has 0 unspecified atom stereocenters. The second kappa shape index (κ2) is 12.4. The summed E-state index contributed by atoms with van der Waals surface area (Å²) in [7, 11) is 3.11. The van der Waals surface area contributed by atoms with Gasteiger partial charge in [0.15, 0.2) is 0 Å². The zero-order chi connectivity index (χ0) is 23.3. The molecule has 3 aromatic rings. The number of carboxylic acid groups (broad SMARTS) is 2. The number of hydrogen-bond donors (Lipinski definition) is 2. The molecule has 0 aliphatic rings. The van der Waals surface area contributed by atoms with Crippen LogP contribution in [0.2, 0.25) is 0 Å². The molecule has 0 aliphatic carbocycles. The summed E-state index contributed by atoms with van der Waals surface area (Å²) in [5, 5.41) is 17.8. The Morgan fingerprint density at radius 2 is 1.22 bits per heavy atom. The summed E-state index contributed by atoms with van der Waals surface area (Å²) in [6.07, 6.45) is 4.20. The summed E-state index contributed by atoms with van der Waals surface area (Å²) in [4.78, 5) is 21.6. The Labute approximate surface area is 186 Å². The first-order valence-electron chi connectivity index (χ1n) is 9.63. The van der Waals surface area contributed by atoms with Gasteiger partial charge in [-0.05, 0) is 29.8 Å². The number of ether oxygens (including phenoxy) is 2. The van der Waals surface area contributed by atoms with Gasteiger partial charge in [0.05, 0.1) is 19.8 Å². The fourth-order valence-electron chi connectivity index (χ4n) is 2.79. The smallest absolute Gasteiger partial charge is 0.336 e. The second-order valence-electron chi connectivity index (χ2n) is 6.38. The quantitative estimate of drug-likeness (QED) is 0.398. The molecule has 0 saturated heterocycles. The molecule has 0 heterocycles. The van der Waals surface area contributed by atoms with E-state index in [-0.39, 0.29) is 5.57 Å². The minimum absolute atomic E-state index is 0.241. The zero-order valence-corrected chi connectivity index (χ0v) is 17.8. The minimum atomic E-state index is -0.967. The highest BCUT2D eigenvalue weighted by Crippen LogP contribution is 2.24. The predicted molar refractivity (Wildman–Crippen MR) is 125 cm³/mol. The van der Waals surface area contributed by atoms with Gasteiger partial charge in [-0.2, -0.15) is 0 Å². The van der Waals surface area contributed by atoms with Crippen LogP contribution in [-0.2, 0) is 9.59 Å². The number of hydrogen-bond acceptors (Lipinski definition) is 4. The van der Waals surface area contributed by atoms with Crippen molar-refractivity contribution < 1.29 is 29.3 Å². The Balaban J connectivity index is 0.000000244. The fraction of sp³-hybridized carbons (Fsp3) is 0.0769. The molecule has 0 radical (unpaired) electrons. The predicted octanol–water partition coefficient (Wildman–Crippen LogP) is 5.11. The Bertz CT molecular complexity index is 1100. The highest BCUT2D eigenvalue weighted by atomic mass is 16.5. The van der Waals surface area contributed by atoms with Crippen LogP contribution in [0.25, 0.3) is 17.7 Å². The fourth-order valence-corrected chi connectivity index (χ4v) is 2.79. The first kappa shape index (κ1) is 24.0. The first-order chi connectivity index (χ1) is 15.5. The van der Waals surface area contributed by atoms with E-state index in [4.69, 9.17) is 14.6 Å². The van der Waals surface area contributed by atoms with Gasteiger partial charge in [0.1, 0.15) is 11.5 Å². The molecule has 0 atom stereocenters. The van der Waals surface area contributed by atoms with E-state index in [0.717, 1.165) is 17.2 Å². The third-order valence-electron chi connectivity index (χ3n) is 4.30. The van der Waals surface area contributed by atoms with Crippen molar-refractivity contribution >= 4 is 29.7 Å². The highest BCUT2D eigenvalue weighted by molar-refractivity contribution is 6.20. The van der Waals surface area contributed by atoms with E-state index in [1.807, 2.05) is 48.5 Å². The average molecular weight is 432 g/mol. The lowest BCUT2D eigenvalue weighted by Gasteiger charge is -2.06. The van der Waals surface area contributed by atoms with E-state index in [0.29, 0.717) is 17.1 Å². The monoisotopic (exact) mass is 432 g/mol. The lowest BCUT2D eigenvalue weighted by Crippen LogP contribution is -1.99. The van der Waals surface area contributed by atoms with Crippen molar-refractivity contribution in [3.63, 3.8) is 0 Å². The number of benzene rings is 3. The zero-order valence-electron chi connectivity index (χ0n) is 17.8. The molecule has 0 saturated carbocycles. The number of carboxylic acids is 2. The molecule has 3 rings (SSSR count). The van der Waals surface area contributed by atoms with E-state index in [1.165, 1.54) is 6.08 Å². The van der Waals surface area contributed by atoms with Crippen LogP contribution in [0.4, 0.5) is 0 Å². The lowest BCUT2D eigenvalue weighted by molar-refractivity contribution is -0.131. The van der Waals surface area contributed by atoms with Gasteiger partial charge >= 0.3 is 11.9 Å². The van der Waals surface area contributed by atoms with E-state index in [2.05, 4.69) is 0 Å². The molecule has 2 N–H and O–H groups in total. The molecule has 0 spiro atoms. The molecule has 0 aliphatic heterocycles. The summed E-state index contributed by atoms with van der Waals surface area (Å²) in [6.45, 7) is 0. The minimum Gasteiger partial charge on any atom is -0.496 e. The van der Waals surface area contributed by atoms with Crippen molar-refractivity contribution in [3.05, 3.63) is 102 Å². The Morgan fingerprint density at radius 3 is 1.75 bits per heavy atom. The maximum atomic E-state index is 11.4. The normalized spacial score (nSPS) is 10.8. The largest absolute Gasteiger partial charge is 0.496 e. The van der Waals surface area contributed by atoms with Crippen molar-refractivity contribution in [3.8, 4) is 11.5 Å². The van der Waals surface area contributed by atoms with E-state index in [9.17, 15) is 14.7 Å². The van der Waals surface area contributed by atoms with Crippen LogP contribution < -0.4 is 9.47 Å². The van der Waals surface area contributed by atoms with E-state index in [1.54, 1.807) is 50.6 Å². The van der Waals surface area contributed by atoms with Crippen LogP contribution in [-0.4, -0.2) is 36.4 Å². The Morgan fingerprint density at radius 1 is 0.719 bits per heavy atom. The third-order valence-corrected chi connectivity index (χ3v) is 4.30. The highest BCUT2D eigenvalue weighted by Gasteiger charge is 2.11. The molecular formula is C26H24O6. The summed E-state index contributed by atoms with van der Waals surface area (Å²) < 4.78 is 10.3. The van der Waals surface area contributed by atoms with Crippen LogP contribution in [0, 0.1) is 0 Å². The van der Waals surface area contributed by atoms with Crippen molar-refractivity contribution in [2.45, 2.75) is 0 Å². The van der Waals surface area contributed by atoms with Gasteiger partial charge in [0.2, 0.25) is 0 Å². The van der Waals surface area contributed by atoms with Crippen molar-refractivity contribution in [2.75, 3.05) is 14.2 Å². The van der Waals surface area contributed by atoms with Gasteiger partial charge in [-0.25, -0.2) is 9.59 Å². The second-order valence-corrected chi connectivity index (χ2v) is 6.38. The number of methoxy groups -OCH3 is 2. The summed E-state index contributed by atoms with van der Waals surface area (Å²) in [5.41, 5.74) is 2.41. The van der Waals surface area contributed by atoms with Crippen LogP contribution in [0.15, 0.2) is 84.9 Å². The number of para-hydroxylation sites is 2. The standard InChI is InChI=1S/C16H14O3.C10H10O3/c1-19-15-10-6-5-9-13(15)11-14(16(17)18)12-7-3-2-4-8-12;1-13-9-5-3-2-4-8(9)6-7-10(11)12/h2-11H,1H3,(H,17,18);2-7H,1H3,(H,11,12). The lowest BCUT2D eigenvalue weighted by atomic mass is 10.0.